The number of aliphatic hydroxyl groups excluding tert-OH is 1. The number of piperidine rings is 1. The Bertz CT molecular complexity index is 416. The van der Waals surface area contributed by atoms with Crippen LogP contribution in [0.15, 0.2) is 24.3 Å². The Morgan fingerprint density at radius 2 is 1.67 bits per heavy atom. The average molecular weight is 289 g/mol. The maximum absolute atomic E-state index is 10.5. The van der Waals surface area contributed by atoms with Crippen LogP contribution >= 0.6 is 0 Å². The highest BCUT2D eigenvalue weighted by Gasteiger charge is 2.26. The molecule has 1 aromatic rings. The lowest BCUT2D eigenvalue weighted by molar-refractivity contribution is 0.0412. The maximum Gasteiger partial charge on any atom is 0.0917 e. The van der Waals surface area contributed by atoms with Crippen LogP contribution < -0.4 is 0 Å². The van der Waals surface area contributed by atoms with Gasteiger partial charge in [0.05, 0.1) is 6.10 Å². The summed E-state index contributed by atoms with van der Waals surface area (Å²) in [6.45, 7) is 9.80. The van der Waals surface area contributed by atoms with E-state index < -0.39 is 0 Å². The highest BCUT2D eigenvalue weighted by molar-refractivity contribution is 5.24. The van der Waals surface area contributed by atoms with Crippen molar-refractivity contribution in [2.75, 3.05) is 6.54 Å². The van der Waals surface area contributed by atoms with Crippen molar-refractivity contribution in [2.24, 2.45) is 5.92 Å². The molecule has 118 valence electrons. The zero-order valence-corrected chi connectivity index (χ0v) is 14.0. The van der Waals surface area contributed by atoms with Crippen LogP contribution in [-0.4, -0.2) is 28.6 Å². The molecule has 0 aromatic heterocycles. The molecule has 0 radical (unpaired) electrons. The van der Waals surface area contributed by atoms with Crippen molar-refractivity contribution in [3.05, 3.63) is 35.4 Å². The van der Waals surface area contributed by atoms with Gasteiger partial charge in [0.1, 0.15) is 0 Å². The highest BCUT2D eigenvalue weighted by Crippen LogP contribution is 2.26. The quantitative estimate of drug-likeness (QED) is 0.879. The van der Waals surface area contributed by atoms with Gasteiger partial charge in [-0.25, -0.2) is 0 Å². The summed E-state index contributed by atoms with van der Waals surface area (Å²) >= 11 is 0. The zero-order chi connectivity index (χ0) is 15.4. The second-order valence-corrected chi connectivity index (χ2v) is 7.18. The van der Waals surface area contributed by atoms with E-state index in [1.54, 1.807) is 0 Å². The molecule has 1 aromatic carbocycles. The first-order valence-electron chi connectivity index (χ1n) is 8.50. The summed E-state index contributed by atoms with van der Waals surface area (Å²) in [6, 6.07) is 9.71. The molecule has 3 atom stereocenters. The molecule has 1 unspecified atom stereocenters. The fraction of sp³-hybridized carbons (Fsp3) is 0.684. The molecule has 0 spiro atoms. The predicted octanol–water partition coefficient (Wildman–Crippen LogP) is 4.18. The van der Waals surface area contributed by atoms with E-state index in [-0.39, 0.29) is 6.10 Å². The summed E-state index contributed by atoms with van der Waals surface area (Å²) < 4.78 is 0. The topological polar surface area (TPSA) is 23.5 Å². The summed E-state index contributed by atoms with van der Waals surface area (Å²) in [7, 11) is 0. The fourth-order valence-electron chi connectivity index (χ4n) is 3.49. The summed E-state index contributed by atoms with van der Waals surface area (Å²) in [5.41, 5.74) is 2.41. The Balaban J connectivity index is 1.97. The van der Waals surface area contributed by atoms with Crippen LogP contribution in [0, 0.1) is 5.92 Å². The molecule has 1 heterocycles. The first-order chi connectivity index (χ1) is 9.97. The number of nitrogens with zero attached hydrogens (tertiary/aromatic N) is 1. The van der Waals surface area contributed by atoms with E-state index in [1.807, 2.05) is 0 Å². The van der Waals surface area contributed by atoms with Gasteiger partial charge < -0.3 is 5.11 Å². The molecule has 1 aliphatic rings. The van der Waals surface area contributed by atoms with E-state index in [0.29, 0.717) is 18.0 Å². The number of hydrogen-bond donors (Lipinski definition) is 1. The SMILES string of the molecule is CC(C)Cc1ccc(C(O)CN2[C@H](C)CCC[C@@H]2C)cc1. The number of likely N-dealkylation sites (tertiary alicyclic amines) is 1. The Kier molecular flexibility index (Phi) is 5.83. The molecule has 1 saturated heterocycles. The van der Waals surface area contributed by atoms with Crippen molar-refractivity contribution in [1.82, 2.24) is 4.90 Å². The largest absolute Gasteiger partial charge is 0.387 e. The van der Waals surface area contributed by atoms with Gasteiger partial charge >= 0.3 is 0 Å². The molecule has 2 heteroatoms. The Morgan fingerprint density at radius 1 is 1.10 bits per heavy atom. The van der Waals surface area contributed by atoms with Gasteiger partial charge in [-0.2, -0.15) is 0 Å². The average Bonchev–Trinajstić information content (AvgIpc) is 2.43. The molecule has 2 rings (SSSR count). The van der Waals surface area contributed by atoms with Crippen molar-refractivity contribution in [3.8, 4) is 0 Å². The molecule has 1 N–H and O–H groups in total. The molecule has 1 aliphatic heterocycles. The van der Waals surface area contributed by atoms with Gasteiger partial charge in [0.15, 0.2) is 0 Å². The second-order valence-electron chi connectivity index (χ2n) is 7.18. The minimum absolute atomic E-state index is 0.374. The molecular weight excluding hydrogens is 258 g/mol. The standard InChI is InChI=1S/C19H31NO/c1-14(2)12-17-8-10-18(11-9-17)19(21)13-20-15(3)6-5-7-16(20)4/h8-11,14-16,19,21H,5-7,12-13H2,1-4H3/t15-,16+,19?. The van der Waals surface area contributed by atoms with Gasteiger partial charge in [-0.15, -0.1) is 0 Å². The molecule has 0 aliphatic carbocycles. The van der Waals surface area contributed by atoms with Crippen molar-refractivity contribution in [2.45, 2.75) is 71.6 Å². The molecule has 0 amide bonds. The Morgan fingerprint density at radius 3 is 2.19 bits per heavy atom. The smallest absolute Gasteiger partial charge is 0.0917 e. The lowest BCUT2D eigenvalue weighted by Gasteiger charge is -2.40. The number of hydrogen-bond acceptors (Lipinski definition) is 2. The van der Waals surface area contributed by atoms with E-state index in [2.05, 4.69) is 56.9 Å². The summed E-state index contributed by atoms with van der Waals surface area (Å²) in [6.07, 6.45) is 4.56. The van der Waals surface area contributed by atoms with Crippen LogP contribution in [0.3, 0.4) is 0 Å². The van der Waals surface area contributed by atoms with Crippen molar-refractivity contribution < 1.29 is 5.11 Å². The molecule has 0 bridgehead atoms. The van der Waals surface area contributed by atoms with Gasteiger partial charge in [0, 0.05) is 18.6 Å². The molecule has 0 saturated carbocycles. The Hall–Kier alpha value is -0.860. The van der Waals surface area contributed by atoms with E-state index in [0.717, 1.165) is 18.5 Å². The van der Waals surface area contributed by atoms with Gasteiger partial charge in [-0.05, 0) is 50.2 Å². The van der Waals surface area contributed by atoms with Gasteiger partial charge in [-0.1, -0.05) is 44.5 Å². The number of rotatable bonds is 5. The van der Waals surface area contributed by atoms with Crippen LogP contribution in [0.2, 0.25) is 0 Å². The fourth-order valence-corrected chi connectivity index (χ4v) is 3.49. The van der Waals surface area contributed by atoms with E-state index in [9.17, 15) is 5.11 Å². The minimum Gasteiger partial charge on any atom is -0.387 e. The van der Waals surface area contributed by atoms with Gasteiger partial charge in [0.25, 0.3) is 0 Å². The maximum atomic E-state index is 10.5. The number of benzene rings is 1. The first-order valence-corrected chi connectivity index (χ1v) is 8.50. The van der Waals surface area contributed by atoms with Crippen LogP contribution in [0.4, 0.5) is 0 Å². The normalized spacial score (nSPS) is 25.2. The summed E-state index contributed by atoms with van der Waals surface area (Å²) in [5, 5.41) is 10.5. The predicted molar refractivity (Wildman–Crippen MR) is 89.4 cm³/mol. The molecule has 2 nitrogen and oxygen atoms in total. The van der Waals surface area contributed by atoms with Gasteiger partial charge in [-0.3, -0.25) is 4.90 Å². The first kappa shape index (κ1) is 16.5. The molecule has 1 fully saturated rings. The monoisotopic (exact) mass is 289 g/mol. The molecular formula is C19H31NO. The van der Waals surface area contributed by atoms with Crippen molar-refractivity contribution in [3.63, 3.8) is 0 Å². The van der Waals surface area contributed by atoms with Crippen LogP contribution in [0.25, 0.3) is 0 Å². The molecule has 21 heavy (non-hydrogen) atoms. The van der Waals surface area contributed by atoms with E-state index in [1.165, 1.54) is 24.8 Å². The second kappa shape index (κ2) is 7.42. The van der Waals surface area contributed by atoms with E-state index in [4.69, 9.17) is 0 Å². The summed E-state index contributed by atoms with van der Waals surface area (Å²) in [5.74, 6) is 0.677. The zero-order valence-electron chi connectivity index (χ0n) is 14.0. The van der Waals surface area contributed by atoms with Crippen LogP contribution in [-0.2, 0) is 6.42 Å². The lowest BCUT2D eigenvalue weighted by atomic mass is 9.95. The van der Waals surface area contributed by atoms with Crippen molar-refractivity contribution >= 4 is 0 Å². The third-order valence-electron chi connectivity index (χ3n) is 4.77. The lowest BCUT2D eigenvalue weighted by Crippen LogP contribution is -2.45. The third kappa shape index (κ3) is 4.55. The van der Waals surface area contributed by atoms with Crippen LogP contribution in [0.5, 0.6) is 0 Å². The third-order valence-corrected chi connectivity index (χ3v) is 4.77. The van der Waals surface area contributed by atoms with Crippen molar-refractivity contribution in [1.29, 1.82) is 0 Å². The summed E-state index contributed by atoms with van der Waals surface area (Å²) in [4.78, 5) is 2.47. The van der Waals surface area contributed by atoms with Crippen LogP contribution in [0.1, 0.15) is 64.2 Å². The Labute approximate surface area is 130 Å². The minimum atomic E-state index is -0.374. The van der Waals surface area contributed by atoms with Gasteiger partial charge in [0.2, 0.25) is 0 Å². The number of aliphatic hydroxyl groups is 1. The number of β-amino-alcohol motifs (C(OH)–C–C–N with tert-alkyl or cyclic N) is 1. The van der Waals surface area contributed by atoms with E-state index >= 15 is 0 Å². The highest BCUT2D eigenvalue weighted by atomic mass is 16.3.